The van der Waals surface area contributed by atoms with E-state index in [-0.39, 0.29) is 6.03 Å². The number of amides is 2. The molecule has 1 aromatic heterocycles. The van der Waals surface area contributed by atoms with Gasteiger partial charge < -0.3 is 15.3 Å². The van der Waals surface area contributed by atoms with E-state index in [1.165, 1.54) is 11.9 Å². The van der Waals surface area contributed by atoms with Crippen molar-refractivity contribution in [2.75, 3.05) is 13.6 Å². The zero-order chi connectivity index (χ0) is 14.3. The Balaban J connectivity index is 2.40. The number of nitrogens with zero attached hydrogens (tertiary/aromatic N) is 2. The molecule has 1 heterocycles. The first kappa shape index (κ1) is 14.9. The van der Waals surface area contributed by atoms with Gasteiger partial charge in [0.1, 0.15) is 6.04 Å². The highest BCUT2D eigenvalue weighted by Crippen LogP contribution is 2.02. The van der Waals surface area contributed by atoms with Gasteiger partial charge in [-0.2, -0.15) is 0 Å². The van der Waals surface area contributed by atoms with E-state index in [9.17, 15) is 9.59 Å². The summed E-state index contributed by atoms with van der Waals surface area (Å²) in [4.78, 5) is 27.9. The lowest BCUT2D eigenvalue weighted by Gasteiger charge is -2.23. The average molecular weight is 265 g/mol. The smallest absolute Gasteiger partial charge is 0.326 e. The van der Waals surface area contributed by atoms with Crippen molar-refractivity contribution in [3.63, 3.8) is 0 Å². The topological polar surface area (TPSA) is 82.5 Å². The predicted octanol–water partition coefficient (Wildman–Crippen LogP) is 1.13. The molecule has 1 unspecified atom stereocenters. The number of nitrogens with one attached hydrogen (secondary N) is 1. The molecule has 0 spiro atoms. The quantitative estimate of drug-likeness (QED) is 0.807. The number of carboxylic acid groups (broad SMARTS) is 1. The Labute approximate surface area is 112 Å². The number of pyridine rings is 1. The van der Waals surface area contributed by atoms with Gasteiger partial charge in [-0.15, -0.1) is 0 Å². The highest BCUT2D eigenvalue weighted by molar-refractivity contribution is 5.82. The maximum atomic E-state index is 11.8. The van der Waals surface area contributed by atoms with Crippen LogP contribution >= 0.6 is 0 Å². The first-order valence-corrected chi connectivity index (χ1v) is 6.18. The van der Waals surface area contributed by atoms with E-state index in [0.717, 1.165) is 5.56 Å². The van der Waals surface area contributed by atoms with Gasteiger partial charge in [-0.25, -0.2) is 9.59 Å². The van der Waals surface area contributed by atoms with E-state index >= 15 is 0 Å². The lowest BCUT2D eigenvalue weighted by Crippen LogP contribution is -2.47. The molecule has 0 bridgehead atoms. The molecule has 19 heavy (non-hydrogen) atoms. The van der Waals surface area contributed by atoms with Crippen LogP contribution in [0.4, 0.5) is 4.79 Å². The van der Waals surface area contributed by atoms with E-state index in [0.29, 0.717) is 19.4 Å². The van der Waals surface area contributed by atoms with Crippen molar-refractivity contribution in [2.45, 2.75) is 25.8 Å². The molecule has 0 saturated heterocycles. The average Bonchev–Trinajstić information content (AvgIpc) is 2.40. The minimum atomic E-state index is -0.993. The Morgan fingerprint density at radius 2 is 2.26 bits per heavy atom. The summed E-state index contributed by atoms with van der Waals surface area (Å²) in [5.41, 5.74) is 1.02. The van der Waals surface area contributed by atoms with Gasteiger partial charge >= 0.3 is 12.0 Å². The molecule has 1 aromatic rings. The molecular weight excluding hydrogens is 246 g/mol. The summed E-state index contributed by atoms with van der Waals surface area (Å²) >= 11 is 0. The molecule has 6 heteroatoms. The molecule has 0 fully saturated rings. The fraction of sp³-hybridized carbons (Fsp3) is 0.462. The van der Waals surface area contributed by atoms with Gasteiger partial charge in [0.05, 0.1) is 0 Å². The highest BCUT2D eigenvalue weighted by Gasteiger charge is 2.24. The molecule has 2 amide bonds. The SMILES string of the molecule is CCC(C(=O)O)N(C)C(=O)NCCc1cccnc1. The zero-order valence-electron chi connectivity index (χ0n) is 11.2. The van der Waals surface area contributed by atoms with Crippen molar-refractivity contribution >= 4 is 12.0 Å². The third kappa shape index (κ3) is 4.57. The summed E-state index contributed by atoms with van der Waals surface area (Å²) in [6.45, 7) is 2.18. The Morgan fingerprint density at radius 3 is 2.79 bits per heavy atom. The van der Waals surface area contributed by atoms with E-state index in [2.05, 4.69) is 10.3 Å². The molecule has 0 aromatic carbocycles. The molecule has 2 N–H and O–H groups in total. The number of rotatable bonds is 6. The third-order valence-electron chi connectivity index (χ3n) is 2.87. The van der Waals surface area contributed by atoms with Crippen LogP contribution in [0.25, 0.3) is 0 Å². The minimum absolute atomic E-state index is 0.377. The number of carboxylic acids is 1. The van der Waals surface area contributed by atoms with E-state index in [1.807, 2.05) is 12.1 Å². The summed E-state index contributed by atoms with van der Waals surface area (Å²) in [6.07, 6.45) is 4.47. The number of carbonyl (C=O) groups is 2. The molecule has 1 atom stereocenters. The van der Waals surface area contributed by atoms with Crippen molar-refractivity contribution in [3.05, 3.63) is 30.1 Å². The van der Waals surface area contributed by atoms with Crippen molar-refractivity contribution in [2.24, 2.45) is 0 Å². The van der Waals surface area contributed by atoms with Gasteiger partial charge in [-0.3, -0.25) is 4.98 Å². The summed E-state index contributed by atoms with van der Waals surface area (Å²) < 4.78 is 0. The number of urea groups is 1. The van der Waals surface area contributed by atoms with Crippen LogP contribution in [0.5, 0.6) is 0 Å². The standard InChI is InChI=1S/C13H19N3O3/c1-3-11(12(17)18)16(2)13(19)15-8-6-10-5-4-7-14-9-10/h4-5,7,9,11H,3,6,8H2,1-2H3,(H,15,19)(H,17,18). The summed E-state index contributed by atoms with van der Waals surface area (Å²) in [6, 6.07) is 2.59. The van der Waals surface area contributed by atoms with Crippen LogP contribution in [0.1, 0.15) is 18.9 Å². The molecule has 6 nitrogen and oxygen atoms in total. The fourth-order valence-electron chi connectivity index (χ4n) is 1.74. The second-order valence-electron chi connectivity index (χ2n) is 4.22. The Kier molecular flexibility index (Phi) is 5.78. The van der Waals surface area contributed by atoms with Crippen LogP contribution in [0, 0.1) is 0 Å². The number of aromatic nitrogens is 1. The Bertz CT molecular complexity index is 422. The van der Waals surface area contributed by atoms with Gasteiger partial charge in [0.15, 0.2) is 0 Å². The van der Waals surface area contributed by atoms with Gasteiger partial charge in [-0.1, -0.05) is 13.0 Å². The van der Waals surface area contributed by atoms with Crippen LogP contribution in [-0.4, -0.2) is 46.6 Å². The number of likely N-dealkylation sites (N-methyl/N-ethyl adjacent to an activating group) is 1. The Hall–Kier alpha value is -2.11. The fourth-order valence-corrected chi connectivity index (χ4v) is 1.74. The molecule has 1 rings (SSSR count). The molecule has 0 saturated carbocycles. The molecule has 0 aliphatic rings. The second-order valence-corrected chi connectivity index (χ2v) is 4.22. The summed E-state index contributed by atoms with van der Waals surface area (Å²) in [7, 11) is 1.49. The zero-order valence-corrected chi connectivity index (χ0v) is 11.2. The van der Waals surface area contributed by atoms with E-state index in [4.69, 9.17) is 5.11 Å². The summed E-state index contributed by atoms with van der Waals surface area (Å²) in [5, 5.41) is 11.7. The monoisotopic (exact) mass is 265 g/mol. The van der Waals surface area contributed by atoms with Gasteiger partial charge in [0.25, 0.3) is 0 Å². The maximum absolute atomic E-state index is 11.8. The molecule has 104 valence electrons. The molecule has 0 radical (unpaired) electrons. The first-order chi connectivity index (χ1) is 9.06. The van der Waals surface area contributed by atoms with E-state index < -0.39 is 12.0 Å². The van der Waals surface area contributed by atoms with Crippen LogP contribution in [-0.2, 0) is 11.2 Å². The van der Waals surface area contributed by atoms with Gasteiger partial charge in [0.2, 0.25) is 0 Å². The van der Waals surface area contributed by atoms with Crippen LogP contribution < -0.4 is 5.32 Å². The van der Waals surface area contributed by atoms with Crippen LogP contribution in [0.15, 0.2) is 24.5 Å². The Morgan fingerprint density at radius 1 is 1.53 bits per heavy atom. The molecular formula is C13H19N3O3. The number of hydrogen-bond donors (Lipinski definition) is 2. The van der Waals surface area contributed by atoms with Gasteiger partial charge in [0, 0.05) is 26.0 Å². The van der Waals surface area contributed by atoms with Crippen molar-refractivity contribution in [1.82, 2.24) is 15.2 Å². The van der Waals surface area contributed by atoms with Gasteiger partial charge in [-0.05, 0) is 24.5 Å². The summed E-state index contributed by atoms with van der Waals surface area (Å²) in [5.74, 6) is -0.993. The minimum Gasteiger partial charge on any atom is -0.480 e. The largest absolute Gasteiger partial charge is 0.480 e. The van der Waals surface area contributed by atoms with E-state index in [1.54, 1.807) is 19.3 Å². The first-order valence-electron chi connectivity index (χ1n) is 6.18. The molecule has 0 aliphatic heterocycles. The predicted molar refractivity (Wildman–Crippen MR) is 70.8 cm³/mol. The lowest BCUT2D eigenvalue weighted by atomic mass is 10.2. The third-order valence-corrected chi connectivity index (χ3v) is 2.87. The van der Waals surface area contributed by atoms with Crippen LogP contribution in [0.3, 0.4) is 0 Å². The number of aliphatic carboxylic acids is 1. The van der Waals surface area contributed by atoms with Crippen molar-refractivity contribution in [3.8, 4) is 0 Å². The van der Waals surface area contributed by atoms with Crippen molar-refractivity contribution in [1.29, 1.82) is 0 Å². The second kappa shape index (κ2) is 7.35. The number of carbonyl (C=O) groups excluding carboxylic acids is 1. The molecule has 0 aliphatic carbocycles. The highest BCUT2D eigenvalue weighted by atomic mass is 16.4. The maximum Gasteiger partial charge on any atom is 0.326 e. The lowest BCUT2D eigenvalue weighted by molar-refractivity contribution is -0.141. The number of hydrogen-bond acceptors (Lipinski definition) is 3. The van der Waals surface area contributed by atoms with Crippen molar-refractivity contribution < 1.29 is 14.7 Å². The normalized spacial score (nSPS) is 11.7. The van der Waals surface area contributed by atoms with Crippen LogP contribution in [0.2, 0.25) is 0 Å².